The number of fused-ring (bicyclic) bond motifs is 1. The molecule has 0 N–H and O–H groups in total. The molecule has 0 fully saturated rings. The number of carbonyl (C=O) groups is 1. The van der Waals surface area contributed by atoms with Crippen LogP contribution >= 0.6 is 45.2 Å². The number of rotatable bonds is 2. The summed E-state index contributed by atoms with van der Waals surface area (Å²) in [4.78, 5) is 12.9. The summed E-state index contributed by atoms with van der Waals surface area (Å²) in [5, 5.41) is 0.880. The van der Waals surface area contributed by atoms with Crippen molar-refractivity contribution >= 4 is 61.9 Å². The van der Waals surface area contributed by atoms with E-state index in [0.29, 0.717) is 16.9 Å². The number of aryl methyl sites for hydroxylation is 1. The maximum atomic E-state index is 12.9. The molecule has 1 aromatic heterocycles. The van der Waals surface area contributed by atoms with Gasteiger partial charge in [-0.15, -0.1) is 0 Å². The molecule has 0 saturated heterocycles. The smallest absolute Gasteiger partial charge is 0.197 e. The number of benzene rings is 2. The van der Waals surface area contributed by atoms with E-state index in [-0.39, 0.29) is 5.78 Å². The van der Waals surface area contributed by atoms with Crippen LogP contribution in [0.4, 0.5) is 0 Å². The highest BCUT2D eigenvalue weighted by atomic mass is 127. The Hall–Kier alpha value is -0.890. The fraction of sp³-hybridized carbons (Fsp3) is 0.118. The molecule has 0 spiro atoms. The first kappa shape index (κ1) is 15.0. The second kappa shape index (κ2) is 5.72. The Labute approximate surface area is 150 Å². The summed E-state index contributed by atoms with van der Waals surface area (Å²) in [6.07, 6.45) is 0. The summed E-state index contributed by atoms with van der Waals surface area (Å²) in [5.41, 5.74) is 3.35. The summed E-state index contributed by atoms with van der Waals surface area (Å²) < 4.78 is 7.91. The lowest BCUT2D eigenvalue weighted by Gasteiger charge is -2.06. The van der Waals surface area contributed by atoms with Gasteiger partial charge in [0.25, 0.3) is 0 Å². The maximum Gasteiger partial charge on any atom is 0.197 e. The van der Waals surface area contributed by atoms with E-state index >= 15 is 0 Å². The summed E-state index contributed by atoms with van der Waals surface area (Å²) in [5.74, 6) is 0.695. The molecule has 1 heterocycles. The highest BCUT2D eigenvalue weighted by Crippen LogP contribution is 2.29. The first-order valence-electron chi connectivity index (χ1n) is 6.47. The summed E-state index contributed by atoms with van der Waals surface area (Å²) in [6.45, 7) is 3.91. The zero-order valence-corrected chi connectivity index (χ0v) is 15.9. The Morgan fingerprint density at radius 2 is 1.67 bits per heavy atom. The van der Waals surface area contributed by atoms with E-state index in [1.165, 1.54) is 5.56 Å². The molecule has 3 rings (SSSR count). The SMILES string of the molecule is Cc1oc2ccccc2c1C(=O)c1cc(I)c(C)c(I)c1. The number of para-hydroxylation sites is 1. The number of carbonyl (C=O) groups excluding carboxylic acids is 1. The third kappa shape index (κ3) is 2.63. The van der Waals surface area contributed by atoms with Crippen LogP contribution in [0, 0.1) is 21.0 Å². The van der Waals surface area contributed by atoms with E-state index in [1.807, 2.05) is 43.3 Å². The van der Waals surface area contributed by atoms with Crippen molar-refractivity contribution in [3.8, 4) is 0 Å². The highest BCUT2D eigenvalue weighted by molar-refractivity contribution is 14.1. The monoisotopic (exact) mass is 502 g/mol. The van der Waals surface area contributed by atoms with Crippen LogP contribution in [0.25, 0.3) is 11.0 Å². The van der Waals surface area contributed by atoms with E-state index in [0.717, 1.165) is 18.1 Å². The third-order valence-electron chi connectivity index (χ3n) is 3.54. The molecule has 0 atom stereocenters. The van der Waals surface area contributed by atoms with Gasteiger partial charge in [0.15, 0.2) is 5.78 Å². The Balaban J connectivity index is 2.19. The number of furan rings is 1. The molecule has 3 aromatic rings. The van der Waals surface area contributed by atoms with Crippen molar-refractivity contribution in [2.24, 2.45) is 0 Å². The van der Waals surface area contributed by atoms with E-state index in [4.69, 9.17) is 4.42 Å². The minimum Gasteiger partial charge on any atom is -0.461 e. The van der Waals surface area contributed by atoms with Crippen LogP contribution in [-0.4, -0.2) is 5.78 Å². The molecule has 0 saturated carbocycles. The fourth-order valence-corrected chi connectivity index (χ4v) is 4.14. The van der Waals surface area contributed by atoms with Gasteiger partial charge in [-0.05, 0) is 82.8 Å². The van der Waals surface area contributed by atoms with E-state index < -0.39 is 0 Å². The summed E-state index contributed by atoms with van der Waals surface area (Å²) in [6, 6.07) is 11.6. The van der Waals surface area contributed by atoms with Crippen molar-refractivity contribution in [3.63, 3.8) is 0 Å². The second-order valence-corrected chi connectivity index (χ2v) is 7.25. The number of halogens is 2. The van der Waals surface area contributed by atoms with Crippen molar-refractivity contribution in [2.75, 3.05) is 0 Å². The standard InChI is InChI=1S/C17H12I2O2/c1-9-13(18)7-11(8-14(9)19)17(20)16-10(2)21-15-6-4-3-5-12(15)16/h3-8H,1-2H3. The largest absolute Gasteiger partial charge is 0.461 e. The fourth-order valence-electron chi connectivity index (χ4n) is 2.37. The minimum absolute atomic E-state index is 0.0216. The van der Waals surface area contributed by atoms with Crippen LogP contribution in [0.2, 0.25) is 0 Å². The summed E-state index contributed by atoms with van der Waals surface area (Å²) >= 11 is 4.55. The molecule has 0 unspecified atom stereocenters. The zero-order chi connectivity index (χ0) is 15.1. The van der Waals surface area contributed by atoms with Gasteiger partial charge in [0.1, 0.15) is 11.3 Å². The molecular weight excluding hydrogens is 490 g/mol. The minimum atomic E-state index is 0.0216. The van der Waals surface area contributed by atoms with Gasteiger partial charge in [0, 0.05) is 18.1 Å². The van der Waals surface area contributed by atoms with Crippen LogP contribution in [-0.2, 0) is 0 Å². The van der Waals surface area contributed by atoms with Gasteiger partial charge in [0.05, 0.1) is 5.56 Å². The molecule has 0 aliphatic carbocycles. The molecule has 0 radical (unpaired) electrons. The van der Waals surface area contributed by atoms with Crippen LogP contribution in [0.15, 0.2) is 40.8 Å². The Morgan fingerprint density at radius 1 is 1.05 bits per heavy atom. The van der Waals surface area contributed by atoms with Crippen LogP contribution in [0.3, 0.4) is 0 Å². The molecule has 0 aliphatic rings. The van der Waals surface area contributed by atoms with Crippen LogP contribution in [0.5, 0.6) is 0 Å². The molecule has 21 heavy (non-hydrogen) atoms. The van der Waals surface area contributed by atoms with Gasteiger partial charge >= 0.3 is 0 Å². The predicted molar refractivity (Wildman–Crippen MR) is 101 cm³/mol. The molecule has 2 nitrogen and oxygen atoms in total. The highest BCUT2D eigenvalue weighted by Gasteiger charge is 2.20. The first-order valence-corrected chi connectivity index (χ1v) is 8.63. The van der Waals surface area contributed by atoms with Gasteiger partial charge in [-0.25, -0.2) is 0 Å². The van der Waals surface area contributed by atoms with Crippen molar-refractivity contribution in [1.82, 2.24) is 0 Å². The molecule has 0 amide bonds. The quantitative estimate of drug-likeness (QED) is 0.343. The van der Waals surface area contributed by atoms with Crippen LogP contribution < -0.4 is 0 Å². The molecule has 106 valence electrons. The topological polar surface area (TPSA) is 30.2 Å². The van der Waals surface area contributed by atoms with E-state index in [1.54, 1.807) is 0 Å². The van der Waals surface area contributed by atoms with Gasteiger partial charge < -0.3 is 4.42 Å². The summed E-state index contributed by atoms with van der Waals surface area (Å²) in [7, 11) is 0. The second-order valence-electron chi connectivity index (χ2n) is 4.92. The van der Waals surface area contributed by atoms with Crippen molar-refractivity contribution in [1.29, 1.82) is 0 Å². The molecule has 0 aliphatic heterocycles. The van der Waals surface area contributed by atoms with E-state index in [9.17, 15) is 4.79 Å². The lowest BCUT2D eigenvalue weighted by molar-refractivity contribution is 0.103. The van der Waals surface area contributed by atoms with Gasteiger partial charge in [-0.1, -0.05) is 18.2 Å². The number of hydrogen-bond donors (Lipinski definition) is 0. The Morgan fingerprint density at radius 3 is 2.33 bits per heavy atom. The van der Waals surface area contributed by atoms with Crippen molar-refractivity contribution in [3.05, 3.63) is 66.0 Å². The van der Waals surface area contributed by atoms with Gasteiger partial charge in [0.2, 0.25) is 0 Å². The lowest BCUT2D eigenvalue weighted by Crippen LogP contribution is -2.04. The molecule has 0 bridgehead atoms. The third-order valence-corrected chi connectivity index (χ3v) is 5.78. The van der Waals surface area contributed by atoms with E-state index in [2.05, 4.69) is 52.1 Å². The molecule has 2 aromatic carbocycles. The normalized spacial score (nSPS) is 11.0. The first-order chi connectivity index (χ1) is 9.99. The van der Waals surface area contributed by atoms with Gasteiger partial charge in [-0.3, -0.25) is 4.79 Å². The van der Waals surface area contributed by atoms with Crippen LogP contribution in [0.1, 0.15) is 27.2 Å². The Kier molecular flexibility index (Phi) is 4.09. The Bertz CT molecular complexity index is 839. The van der Waals surface area contributed by atoms with Crippen molar-refractivity contribution in [2.45, 2.75) is 13.8 Å². The maximum absolute atomic E-state index is 12.9. The average molecular weight is 502 g/mol. The van der Waals surface area contributed by atoms with Crippen molar-refractivity contribution < 1.29 is 9.21 Å². The van der Waals surface area contributed by atoms with Gasteiger partial charge in [-0.2, -0.15) is 0 Å². The zero-order valence-electron chi connectivity index (χ0n) is 11.5. The predicted octanol–water partition coefficient (Wildman–Crippen LogP) is 5.49. The number of hydrogen-bond acceptors (Lipinski definition) is 2. The molecule has 4 heteroatoms. The average Bonchev–Trinajstić information content (AvgIpc) is 2.79. The lowest BCUT2D eigenvalue weighted by atomic mass is 10.00. The number of ketones is 1. The molecular formula is C17H12I2O2.